The molecule has 1 aromatic heterocycles. The first-order valence-corrected chi connectivity index (χ1v) is 8.93. The molecule has 5 nitrogen and oxygen atoms in total. The van der Waals surface area contributed by atoms with Crippen LogP contribution >= 0.6 is 11.3 Å². The summed E-state index contributed by atoms with van der Waals surface area (Å²) in [6.07, 6.45) is 0.416. The second-order valence-corrected chi connectivity index (χ2v) is 6.93. The van der Waals surface area contributed by atoms with Crippen molar-refractivity contribution in [3.63, 3.8) is 0 Å². The van der Waals surface area contributed by atoms with E-state index in [4.69, 9.17) is 4.74 Å². The third kappa shape index (κ3) is 4.55. The maximum atomic E-state index is 12.2. The Labute approximate surface area is 151 Å². The Kier molecular flexibility index (Phi) is 5.63. The molecule has 0 spiro atoms. The Morgan fingerprint density at radius 3 is 2.76 bits per heavy atom. The minimum absolute atomic E-state index is 0.0272. The molecule has 0 aliphatic carbocycles. The molecule has 25 heavy (non-hydrogen) atoms. The number of para-hydroxylation sites is 3. The van der Waals surface area contributed by atoms with Crippen molar-refractivity contribution in [3.05, 3.63) is 53.5 Å². The summed E-state index contributed by atoms with van der Waals surface area (Å²) in [4.78, 5) is 18.9. The zero-order valence-corrected chi connectivity index (χ0v) is 15.2. The molecule has 0 aliphatic rings. The number of aromatic nitrogens is 1. The van der Waals surface area contributed by atoms with Crippen LogP contribution in [-0.4, -0.2) is 36.5 Å². The Bertz CT molecular complexity index is 830. The van der Waals surface area contributed by atoms with Crippen LogP contribution in [0.25, 0.3) is 10.2 Å². The van der Waals surface area contributed by atoms with E-state index >= 15 is 0 Å². The summed E-state index contributed by atoms with van der Waals surface area (Å²) in [6.45, 7) is 1.40. The molecule has 0 aliphatic heterocycles. The maximum Gasteiger partial charge on any atom is 0.225 e. The molecular formula is C19H21N3O2S. The van der Waals surface area contributed by atoms with Gasteiger partial charge in [-0.2, -0.15) is 0 Å². The molecule has 0 saturated carbocycles. The van der Waals surface area contributed by atoms with E-state index < -0.39 is 0 Å². The number of hydrogen-bond donors (Lipinski definition) is 1. The van der Waals surface area contributed by atoms with Crippen molar-refractivity contribution in [2.75, 3.05) is 26.0 Å². The van der Waals surface area contributed by atoms with Gasteiger partial charge in [-0.3, -0.25) is 9.69 Å². The first-order valence-electron chi connectivity index (χ1n) is 8.11. The van der Waals surface area contributed by atoms with E-state index in [0.717, 1.165) is 17.1 Å². The van der Waals surface area contributed by atoms with Crippen molar-refractivity contribution in [1.82, 2.24) is 9.88 Å². The van der Waals surface area contributed by atoms with Crippen molar-refractivity contribution in [2.24, 2.45) is 0 Å². The first kappa shape index (κ1) is 17.4. The lowest BCUT2D eigenvalue weighted by Crippen LogP contribution is -2.24. The average Bonchev–Trinajstić information content (AvgIpc) is 3.02. The van der Waals surface area contributed by atoms with Crippen molar-refractivity contribution in [2.45, 2.75) is 13.0 Å². The van der Waals surface area contributed by atoms with Gasteiger partial charge in [-0.05, 0) is 31.3 Å². The molecule has 0 unspecified atom stereocenters. The predicted molar refractivity (Wildman–Crippen MR) is 102 cm³/mol. The van der Waals surface area contributed by atoms with E-state index in [1.165, 1.54) is 4.70 Å². The van der Waals surface area contributed by atoms with E-state index in [-0.39, 0.29) is 5.91 Å². The van der Waals surface area contributed by atoms with Crippen LogP contribution < -0.4 is 10.1 Å². The van der Waals surface area contributed by atoms with Gasteiger partial charge in [0.05, 0.1) is 29.6 Å². The van der Waals surface area contributed by atoms with Crippen LogP contribution in [0.4, 0.5) is 5.69 Å². The lowest BCUT2D eigenvalue weighted by Gasteiger charge is -2.15. The fourth-order valence-corrected chi connectivity index (χ4v) is 3.60. The minimum Gasteiger partial charge on any atom is -0.495 e. The van der Waals surface area contributed by atoms with Gasteiger partial charge >= 0.3 is 0 Å². The van der Waals surface area contributed by atoms with Crippen molar-refractivity contribution >= 4 is 33.1 Å². The number of nitrogens with one attached hydrogen (secondary N) is 1. The summed E-state index contributed by atoms with van der Waals surface area (Å²) < 4.78 is 6.44. The largest absolute Gasteiger partial charge is 0.495 e. The molecule has 1 amide bonds. The van der Waals surface area contributed by atoms with Crippen LogP contribution in [0.1, 0.15) is 11.4 Å². The highest BCUT2D eigenvalue weighted by molar-refractivity contribution is 7.18. The SMILES string of the molecule is COc1ccccc1NC(=O)CCN(C)Cc1nc2ccccc2s1. The average molecular weight is 355 g/mol. The van der Waals surface area contributed by atoms with Crippen LogP contribution in [0.15, 0.2) is 48.5 Å². The summed E-state index contributed by atoms with van der Waals surface area (Å²) in [5.41, 5.74) is 1.73. The van der Waals surface area contributed by atoms with Gasteiger partial charge in [0.15, 0.2) is 0 Å². The fourth-order valence-electron chi connectivity index (χ4n) is 2.55. The Hall–Kier alpha value is -2.44. The predicted octanol–water partition coefficient (Wildman–Crippen LogP) is 3.77. The fraction of sp³-hybridized carbons (Fsp3) is 0.263. The second-order valence-electron chi connectivity index (χ2n) is 5.81. The van der Waals surface area contributed by atoms with E-state index in [9.17, 15) is 4.79 Å². The molecule has 2 aromatic carbocycles. The van der Waals surface area contributed by atoms with E-state index in [0.29, 0.717) is 24.4 Å². The number of rotatable bonds is 7. The Morgan fingerprint density at radius 1 is 1.20 bits per heavy atom. The van der Waals surface area contributed by atoms with Crippen LogP contribution in [-0.2, 0) is 11.3 Å². The number of hydrogen-bond acceptors (Lipinski definition) is 5. The lowest BCUT2D eigenvalue weighted by molar-refractivity contribution is -0.116. The molecule has 0 atom stereocenters. The molecule has 1 N–H and O–H groups in total. The normalized spacial score (nSPS) is 11.0. The number of thiazole rings is 1. The van der Waals surface area contributed by atoms with E-state index in [1.54, 1.807) is 18.4 Å². The van der Waals surface area contributed by atoms with Crippen molar-refractivity contribution < 1.29 is 9.53 Å². The molecule has 0 bridgehead atoms. The van der Waals surface area contributed by atoms with Gasteiger partial charge in [0.1, 0.15) is 10.8 Å². The van der Waals surface area contributed by atoms with Crippen LogP contribution in [0.2, 0.25) is 0 Å². The molecular weight excluding hydrogens is 334 g/mol. The summed E-state index contributed by atoms with van der Waals surface area (Å²) in [7, 11) is 3.60. The van der Waals surface area contributed by atoms with E-state index in [2.05, 4.69) is 21.3 Å². The molecule has 1 heterocycles. The lowest BCUT2D eigenvalue weighted by atomic mass is 10.2. The third-order valence-electron chi connectivity index (χ3n) is 3.85. The highest BCUT2D eigenvalue weighted by atomic mass is 32.1. The standard InChI is InChI=1S/C19H21N3O2S/c1-22(13-19-21-15-8-4-6-10-17(15)25-19)12-11-18(23)20-14-7-3-5-9-16(14)24-2/h3-10H,11-13H2,1-2H3,(H,20,23). The Morgan fingerprint density at radius 2 is 1.96 bits per heavy atom. The van der Waals surface area contributed by atoms with Gasteiger partial charge in [0, 0.05) is 13.0 Å². The summed E-state index contributed by atoms with van der Waals surface area (Å²) in [5, 5.41) is 3.96. The monoisotopic (exact) mass is 355 g/mol. The number of fused-ring (bicyclic) bond motifs is 1. The summed E-state index contributed by atoms with van der Waals surface area (Å²) in [6, 6.07) is 15.5. The number of nitrogens with zero attached hydrogens (tertiary/aromatic N) is 2. The van der Waals surface area contributed by atoms with Gasteiger partial charge < -0.3 is 10.1 Å². The second kappa shape index (κ2) is 8.09. The number of ether oxygens (including phenoxy) is 1. The molecule has 130 valence electrons. The van der Waals surface area contributed by atoms with Crippen LogP contribution in [0, 0.1) is 0 Å². The number of carbonyl (C=O) groups excluding carboxylic acids is 1. The van der Waals surface area contributed by atoms with Gasteiger partial charge in [-0.15, -0.1) is 11.3 Å². The number of amides is 1. The van der Waals surface area contributed by atoms with E-state index in [1.807, 2.05) is 49.5 Å². The topological polar surface area (TPSA) is 54.5 Å². The first-order chi connectivity index (χ1) is 12.2. The quantitative estimate of drug-likeness (QED) is 0.701. The van der Waals surface area contributed by atoms with Gasteiger partial charge in [-0.25, -0.2) is 4.98 Å². The minimum atomic E-state index is -0.0272. The number of anilines is 1. The number of methoxy groups -OCH3 is 1. The maximum absolute atomic E-state index is 12.2. The molecule has 6 heteroatoms. The van der Waals surface area contributed by atoms with Crippen LogP contribution in [0.5, 0.6) is 5.75 Å². The molecule has 0 fully saturated rings. The summed E-state index contributed by atoms with van der Waals surface area (Å²) >= 11 is 1.70. The molecule has 3 rings (SSSR count). The van der Waals surface area contributed by atoms with Crippen LogP contribution in [0.3, 0.4) is 0 Å². The zero-order valence-electron chi connectivity index (χ0n) is 14.4. The van der Waals surface area contributed by atoms with Gasteiger partial charge in [-0.1, -0.05) is 24.3 Å². The molecule has 0 saturated heterocycles. The summed E-state index contributed by atoms with van der Waals surface area (Å²) in [5.74, 6) is 0.638. The van der Waals surface area contributed by atoms with Crippen molar-refractivity contribution in [3.8, 4) is 5.75 Å². The van der Waals surface area contributed by atoms with Crippen molar-refractivity contribution in [1.29, 1.82) is 0 Å². The molecule has 3 aromatic rings. The third-order valence-corrected chi connectivity index (χ3v) is 4.87. The van der Waals surface area contributed by atoms with Gasteiger partial charge in [0.25, 0.3) is 0 Å². The Balaban J connectivity index is 1.51. The smallest absolute Gasteiger partial charge is 0.225 e. The number of benzene rings is 2. The van der Waals surface area contributed by atoms with Gasteiger partial charge in [0.2, 0.25) is 5.91 Å². The zero-order chi connectivity index (χ0) is 17.6. The highest BCUT2D eigenvalue weighted by Crippen LogP contribution is 2.24. The number of carbonyl (C=O) groups is 1. The molecule has 0 radical (unpaired) electrons. The highest BCUT2D eigenvalue weighted by Gasteiger charge is 2.10.